The van der Waals surface area contributed by atoms with Gasteiger partial charge in [0.1, 0.15) is 44.0 Å². The molecule has 0 aliphatic carbocycles. The van der Waals surface area contributed by atoms with E-state index in [1.54, 1.807) is 36.4 Å². The molecule has 0 unspecified atom stereocenters. The molecule has 5 aromatic carbocycles. The second-order valence-electron chi connectivity index (χ2n) is 10.8. The number of rotatable bonds is 12. The van der Waals surface area contributed by atoms with Crippen LogP contribution in [0.15, 0.2) is 120 Å². The van der Waals surface area contributed by atoms with Gasteiger partial charge >= 0.3 is 0 Å². The molecule has 0 bridgehead atoms. The number of phenolic OH excluding ortho intramolecular Hbond substituents is 2. The minimum atomic E-state index is -4.94. The van der Waals surface area contributed by atoms with Gasteiger partial charge in [-0.2, -0.15) is 8.42 Å². The van der Waals surface area contributed by atoms with E-state index in [-0.39, 0.29) is 60.9 Å². The number of fused-ring (bicyclic) bond motifs is 1. The van der Waals surface area contributed by atoms with Crippen molar-refractivity contribution >= 4 is 74.7 Å². The molecule has 4 N–H and O–H groups in total. The van der Waals surface area contributed by atoms with Crippen LogP contribution in [0.5, 0.6) is 17.2 Å². The molecule has 15 nitrogen and oxygen atoms in total. The van der Waals surface area contributed by atoms with Crippen LogP contribution in [0.1, 0.15) is 13.8 Å². The summed E-state index contributed by atoms with van der Waals surface area (Å²) in [6, 6.07) is 20.3. The standard InChI is InChI=1S/C33H31N5O10S3/c1-4-49(41,42)21-11-14-24(30(17-21)51(45,46)47)35-38-32-22-12-16-26(33(40)23(22)13-15-25(32)34-20-9-7-6-8-10-20)36-37-27-18-29(48-3)31(19-28(27)39)50(43,44)5-2/h6-19,34,39-40H,4-5H2,1-3H3,(H,45,46,47). The number of ether oxygens (including phenoxy) is 1. The summed E-state index contributed by atoms with van der Waals surface area (Å²) < 4.78 is 89.4. The third kappa shape index (κ3) is 7.83. The van der Waals surface area contributed by atoms with Gasteiger partial charge in [-0.1, -0.05) is 32.0 Å². The van der Waals surface area contributed by atoms with Crippen LogP contribution in [0.4, 0.5) is 34.1 Å². The van der Waals surface area contributed by atoms with Crippen molar-refractivity contribution in [2.24, 2.45) is 20.5 Å². The summed E-state index contributed by atoms with van der Waals surface area (Å²) in [4.78, 5) is -1.32. The van der Waals surface area contributed by atoms with Crippen LogP contribution in [-0.4, -0.2) is 58.6 Å². The van der Waals surface area contributed by atoms with E-state index in [0.29, 0.717) is 16.8 Å². The highest BCUT2D eigenvalue weighted by molar-refractivity contribution is 7.91. The lowest BCUT2D eigenvalue weighted by Gasteiger charge is -2.13. The number of anilines is 2. The molecule has 266 valence electrons. The zero-order chi connectivity index (χ0) is 37.1. The van der Waals surface area contributed by atoms with Gasteiger partial charge in [-0.25, -0.2) is 16.8 Å². The fourth-order valence-electron chi connectivity index (χ4n) is 4.86. The van der Waals surface area contributed by atoms with E-state index in [2.05, 4.69) is 25.8 Å². The number of hydrogen-bond donors (Lipinski definition) is 4. The molecule has 5 aromatic rings. The zero-order valence-electron chi connectivity index (χ0n) is 27.2. The van der Waals surface area contributed by atoms with Gasteiger partial charge in [0.25, 0.3) is 10.1 Å². The van der Waals surface area contributed by atoms with E-state index in [0.717, 1.165) is 24.3 Å². The topological polar surface area (TPSA) is 234 Å². The molecule has 0 heterocycles. The quantitative estimate of drug-likeness (QED) is 0.0712. The van der Waals surface area contributed by atoms with Crippen LogP contribution in [0, 0.1) is 0 Å². The monoisotopic (exact) mass is 753 g/mol. The molecule has 0 fully saturated rings. The Hall–Kier alpha value is -5.43. The first-order valence-corrected chi connectivity index (χ1v) is 19.8. The lowest BCUT2D eigenvalue weighted by molar-refractivity contribution is 0.399. The third-order valence-electron chi connectivity index (χ3n) is 7.62. The second kappa shape index (κ2) is 14.4. The van der Waals surface area contributed by atoms with Crippen molar-refractivity contribution in [3.05, 3.63) is 84.9 Å². The first kappa shape index (κ1) is 36.8. The summed E-state index contributed by atoms with van der Waals surface area (Å²) in [5.74, 6) is -1.44. The van der Waals surface area contributed by atoms with Crippen molar-refractivity contribution in [1.82, 2.24) is 0 Å². The number of methoxy groups -OCH3 is 1. The van der Waals surface area contributed by atoms with E-state index in [1.165, 1.54) is 39.2 Å². The van der Waals surface area contributed by atoms with Crippen LogP contribution in [0.25, 0.3) is 10.8 Å². The predicted octanol–water partition coefficient (Wildman–Crippen LogP) is 7.67. The van der Waals surface area contributed by atoms with Gasteiger partial charge in [0.15, 0.2) is 25.4 Å². The number of sulfone groups is 2. The molecule has 0 saturated carbocycles. The fourth-order valence-corrected chi connectivity index (χ4v) is 7.54. The molecule has 0 spiro atoms. The third-order valence-corrected chi connectivity index (χ3v) is 12.0. The van der Waals surface area contributed by atoms with E-state index < -0.39 is 40.4 Å². The zero-order valence-corrected chi connectivity index (χ0v) is 29.7. The number of azo groups is 2. The maximum absolute atomic E-state index is 12.4. The van der Waals surface area contributed by atoms with Crippen LogP contribution in [-0.2, 0) is 29.8 Å². The van der Waals surface area contributed by atoms with Crippen molar-refractivity contribution in [3.8, 4) is 17.2 Å². The summed E-state index contributed by atoms with van der Waals surface area (Å²) in [6.07, 6.45) is 0. The largest absolute Gasteiger partial charge is 0.506 e. The van der Waals surface area contributed by atoms with Crippen LogP contribution in [0.2, 0.25) is 0 Å². The summed E-state index contributed by atoms with van der Waals surface area (Å²) in [5.41, 5.74) is 0.632. The Bertz CT molecular complexity index is 2540. The predicted molar refractivity (Wildman–Crippen MR) is 190 cm³/mol. The molecule has 0 aromatic heterocycles. The number of para-hydroxylation sites is 1. The van der Waals surface area contributed by atoms with Crippen molar-refractivity contribution < 1.29 is 44.8 Å². The average molecular weight is 754 g/mol. The average Bonchev–Trinajstić information content (AvgIpc) is 3.11. The number of nitrogens with one attached hydrogen (secondary N) is 1. The van der Waals surface area contributed by atoms with Crippen LogP contribution >= 0.6 is 0 Å². The minimum absolute atomic E-state index is 0.0424. The second-order valence-corrected chi connectivity index (χ2v) is 16.7. The molecule has 18 heteroatoms. The van der Waals surface area contributed by atoms with Crippen LogP contribution in [0.3, 0.4) is 0 Å². The Kier molecular flexibility index (Phi) is 10.4. The highest BCUT2D eigenvalue weighted by atomic mass is 32.2. The number of nitrogens with zero attached hydrogens (tertiary/aromatic N) is 4. The van der Waals surface area contributed by atoms with E-state index >= 15 is 0 Å². The van der Waals surface area contributed by atoms with Crippen molar-refractivity contribution in [1.29, 1.82) is 0 Å². The summed E-state index contributed by atoms with van der Waals surface area (Å²) in [6.45, 7) is 2.84. The van der Waals surface area contributed by atoms with Gasteiger partial charge in [0.05, 0.1) is 29.2 Å². The van der Waals surface area contributed by atoms with Crippen molar-refractivity contribution in [2.75, 3.05) is 23.9 Å². The normalized spacial score (nSPS) is 12.5. The van der Waals surface area contributed by atoms with Crippen LogP contribution < -0.4 is 10.1 Å². The Labute approximate surface area is 293 Å². The van der Waals surface area contributed by atoms with E-state index in [4.69, 9.17) is 4.74 Å². The molecular formula is C33H31N5O10S3. The minimum Gasteiger partial charge on any atom is -0.506 e. The number of hydrogen-bond acceptors (Lipinski definition) is 14. The Morgan fingerprint density at radius 2 is 1.29 bits per heavy atom. The molecule has 5 rings (SSSR count). The highest BCUT2D eigenvalue weighted by Crippen LogP contribution is 2.45. The highest BCUT2D eigenvalue weighted by Gasteiger charge is 2.23. The van der Waals surface area contributed by atoms with E-state index in [9.17, 15) is 40.0 Å². The number of benzene rings is 5. The maximum atomic E-state index is 12.4. The first-order valence-electron chi connectivity index (χ1n) is 15.0. The van der Waals surface area contributed by atoms with Gasteiger partial charge in [-0.05, 0) is 54.6 Å². The van der Waals surface area contributed by atoms with Crippen molar-refractivity contribution in [2.45, 2.75) is 28.5 Å². The fraction of sp³-hybridized carbons (Fsp3) is 0.152. The van der Waals surface area contributed by atoms with Gasteiger partial charge in [0, 0.05) is 28.6 Å². The molecule has 0 aliphatic rings. The number of phenols is 2. The lowest BCUT2D eigenvalue weighted by Crippen LogP contribution is -2.06. The molecule has 0 aliphatic heterocycles. The molecule has 0 amide bonds. The van der Waals surface area contributed by atoms with Crippen molar-refractivity contribution in [3.63, 3.8) is 0 Å². The molecule has 0 radical (unpaired) electrons. The summed E-state index contributed by atoms with van der Waals surface area (Å²) >= 11 is 0. The molecule has 51 heavy (non-hydrogen) atoms. The lowest BCUT2D eigenvalue weighted by atomic mass is 10.0. The van der Waals surface area contributed by atoms with Gasteiger partial charge in [0.2, 0.25) is 0 Å². The summed E-state index contributed by atoms with van der Waals surface area (Å²) in [5, 5.41) is 41.9. The Balaban J connectivity index is 1.63. The Morgan fingerprint density at radius 1 is 0.667 bits per heavy atom. The molecule has 0 saturated heterocycles. The first-order chi connectivity index (χ1) is 24.1. The van der Waals surface area contributed by atoms with Gasteiger partial charge in [-0.3, -0.25) is 4.55 Å². The van der Waals surface area contributed by atoms with E-state index in [1.807, 2.05) is 6.07 Å². The number of aromatic hydroxyl groups is 2. The molecular weight excluding hydrogens is 723 g/mol. The molecule has 0 atom stereocenters. The summed E-state index contributed by atoms with van der Waals surface area (Å²) in [7, 11) is -11.2. The maximum Gasteiger partial charge on any atom is 0.296 e. The van der Waals surface area contributed by atoms with Gasteiger partial charge < -0.3 is 20.3 Å². The Morgan fingerprint density at radius 3 is 1.94 bits per heavy atom. The SMILES string of the molecule is CCS(=O)(=O)c1ccc(N=Nc2c(Nc3ccccc3)ccc3c(O)c(N=Nc4cc(OC)c(S(=O)(=O)CC)cc4O)ccc23)c(S(=O)(=O)O)c1. The smallest absolute Gasteiger partial charge is 0.296 e. The van der Waals surface area contributed by atoms with Gasteiger partial charge in [-0.15, -0.1) is 20.5 Å².